The number of hydrogen-bond acceptors (Lipinski definition) is 3. The smallest absolute Gasteiger partial charge is 0.412 e. The summed E-state index contributed by atoms with van der Waals surface area (Å²) in [6, 6.07) is -1.24. The molecular weight excluding hydrogens is 128 g/mol. The van der Waals surface area contributed by atoms with Crippen molar-refractivity contribution in [2.75, 3.05) is 0 Å². The number of aliphatic imine (C=N–C) groups is 1. The molecule has 9 heavy (non-hydrogen) atoms. The van der Waals surface area contributed by atoms with Crippen molar-refractivity contribution < 1.29 is 19.5 Å². The Bertz CT molecular complexity index is 180. The summed E-state index contributed by atoms with van der Waals surface area (Å²) in [5, 5.41) is 9.08. The van der Waals surface area contributed by atoms with Gasteiger partial charge in [-0.3, -0.25) is 0 Å². The molecule has 0 saturated carbocycles. The number of isocyanates is 1. The van der Waals surface area contributed by atoms with E-state index in [1.807, 2.05) is 0 Å². The molecule has 3 amide bonds. The molecule has 0 aliphatic carbocycles. The van der Waals surface area contributed by atoms with Crippen LogP contribution in [0.4, 0.5) is 9.59 Å². The van der Waals surface area contributed by atoms with Gasteiger partial charge in [0.25, 0.3) is 0 Å². The van der Waals surface area contributed by atoms with E-state index in [2.05, 4.69) is 4.99 Å². The Labute approximate surface area is 49.2 Å². The van der Waals surface area contributed by atoms with E-state index in [0.717, 1.165) is 6.08 Å². The van der Waals surface area contributed by atoms with Gasteiger partial charge in [-0.2, -0.15) is 0 Å². The van der Waals surface area contributed by atoms with Crippen LogP contribution in [-0.2, 0) is 4.79 Å². The molecule has 0 spiro atoms. The number of hydrogen-bond donors (Lipinski definition) is 2. The Morgan fingerprint density at radius 3 is 2.44 bits per heavy atom. The van der Waals surface area contributed by atoms with Gasteiger partial charge in [-0.05, 0) is 0 Å². The van der Waals surface area contributed by atoms with Crippen LogP contribution >= 0.6 is 0 Å². The van der Waals surface area contributed by atoms with Gasteiger partial charge in [-0.25, -0.2) is 19.7 Å². The number of nitrogens with one attached hydrogen (secondary N) is 1. The number of imide groups is 1. The predicted molar refractivity (Wildman–Crippen MR) is 24.7 cm³/mol. The Morgan fingerprint density at radius 1 is 1.56 bits per heavy atom. The third-order valence-electron chi connectivity index (χ3n) is 0.361. The first-order chi connectivity index (χ1) is 4.16. The van der Waals surface area contributed by atoms with Crippen molar-refractivity contribution in [2.24, 2.45) is 4.99 Å². The van der Waals surface area contributed by atoms with E-state index in [-0.39, 0.29) is 0 Å². The second-order valence-corrected chi connectivity index (χ2v) is 0.938. The van der Waals surface area contributed by atoms with Crippen LogP contribution in [-0.4, -0.2) is 23.3 Å². The first-order valence-electron chi connectivity index (χ1n) is 1.78. The van der Waals surface area contributed by atoms with Gasteiger partial charge in [-0.15, -0.1) is 4.99 Å². The molecule has 6 nitrogen and oxygen atoms in total. The summed E-state index contributed by atoms with van der Waals surface area (Å²) in [7, 11) is 0. The summed E-state index contributed by atoms with van der Waals surface area (Å²) < 4.78 is 0. The minimum absolute atomic E-state index is 0.872. The van der Waals surface area contributed by atoms with Crippen molar-refractivity contribution in [1.29, 1.82) is 0 Å². The normalized spacial score (nSPS) is 7.11. The van der Waals surface area contributed by atoms with E-state index in [9.17, 15) is 14.4 Å². The van der Waals surface area contributed by atoms with Gasteiger partial charge in [0, 0.05) is 0 Å². The molecule has 0 aromatic heterocycles. The zero-order valence-corrected chi connectivity index (χ0v) is 4.12. The van der Waals surface area contributed by atoms with Crippen LogP contribution in [0.15, 0.2) is 4.99 Å². The topological polar surface area (TPSA) is 95.8 Å². The highest BCUT2D eigenvalue weighted by Crippen LogP contribution is 1.68. The van der Waals surface area contributed by atoms with Crippen molar-refractivity contribution in [3.05, 3.63) is 0 Å². The monoisotopic (exact) mass is 130 g/mol. The highest BCUT2D eigenvalue weighted by Gasteiger charge is 2.00. The van der Waals surface area contributed by atoms with Crippen LogP contribution in [0.5, 0.6) is 0 Å². The molecule has 6 heteroatoms. The van der Waals surface area contributed by atoms with Crippen LogP contribution in [0.1, 0.15) is 0 Å². The molecule has 0 aromatic carbocycles. The summed E-state index contributed by atoms with van der Waals surface area (Å²) in [5.74, 6) is 0. The molecule has 0 saturated heterocycles. The quantitative estimate of drug-likeness (QED) is 0.347. The summed E-state index contributed by atoms with van der Waals surface area (Å²) in [6.07, 6.45) is -0.684. The fourth-order valence-electron chi connectivity index (χ4n) is 0.161. The lowest BCUT2D eigenvalue weighted by Gasteiger charge is -1.86. The number of carbonyl (C=O) groups is 2. The maximum absolute atomic E-state index is 9.93. The molecule has 0 heterocycles. The van der Waals surface area contributed by atoms with Gasteiger partial charge in [0.05, 0.1) is 0 Å². The first kappa shape index (κ1) is 7.32. The van der Waals surface area contributed by atoms with Gasteiger partial charge in [0.15, 0.2) is 0 Å². The zero-order valence-electron chi connectivity index (χ0n) is 4.12. The van der Waals surface area contributed by atoms with Crippen LogP contribution < -0.4 is 5.32 Å². The molecule has 0 atom stereocenters. The number of amides is 3. The molecule has 0 bridgehead atoms. The van der Waals surface area contributed by atoms with Gasteiger partial charge in [-0.1, -0.05) is 0 Å². The van der Waals surface area contributed by atoms with Gasteiger partial charge in [0.1, 0.15) is 0 Å². The van der Waals surface area contributed by atoms with Crippen molar-refractivity contribution in [3.63, 3.8) is 0 Å². The van der Waals surface area contributed by atoms with Crippen LogP contribution in [0, 0.1) is 0 Å². The molecule has 48 valence electrons. The van der Waals surface area contributed by atoms with Gasteiger partial charge >= 0.3 is 12.1 Å². The lowest BCUT2D eigenvalue weighted by atomic mass is 10.9. The molecule has 0 unspecified atom stereocenters. The minimum atomic E-state index is -1.56. The van der Waals surface area contributed by atoms with E-state index in [0.29, 0.717) is 0 Å². The maximum atomic E-state index is 9.93. The Hall–Kier alpha value is -1.68. The third-order valence-corrected chi connectivity index (χ3v) is 0.361. The van der Waals surface area contributed by atoms with E-state index >= 15 is 0 Å². The molecule has 2 N–H and O–H groups in total. The second kappa shape index (κ2) is 3.34. The van der Waals surface area contributed by atoms with Crippen LogP contribution in [0.25, 0.3) is 0 Å². The number of rotatable bonds is 0. The highest BCUT2D eigenvalue weighted by atomic mass is 16.4. The minimum Gasteiger partial charge on any atom is -0.465 e. The summed E-state index contributed by atoms with van der Waals surface area (Å²) >= 11 is 0. The van der Waals surface area contributed by atoms with Crippen molar-refractivity contribution in [2.45, 2.75) is 0 Å². The predicted octanol–water partition coefficient (Wildman–Crippen LogP) is -0.290. The fourth-order valence-corrected chi connectivity index (χ4v) is 0.161. The van der Waals surface area contributed by atoms with Gasteiger partial charge < -0.3 is 5.11 Å². The van der Waals surface area contributed by atoms with Crippen molar-refractivity contribution >= 4 is 18.2 Å². The van der Waals surface area contributed by atoms with E-state index in [4.69, 9.17) is 5.11 Å². The third kappa shape index (κ3) is 4.17. The summed E-state index contributed by atoms with van der Waals surface area (Å²) in [5.41, 5.74) is 0. The lowest BCUT2D eigenvalue weighted by Crippen LogP contribution is -2.25. The molecular formula is C3H2N2O4. The summed E-state index contributed by atoms with van der Waals surface area (Å²) in [4.78, 5) is 31.2. The lowest BCUT2D eigenvalue weighted by molar-refractivity contribution is 0.193. The molecule has 0 fully saturated rings. The average molecular weight is 130 g/mol. The molecule has 0 radical (unpaired) electrons. The maximum Gasteiger partial charge on any atom is 0.412 e. The van der Waals surface area contributed by atoms with Crippen LogP contribution in [0.2, 0.25) is 0 Å². The SMILES string of the molecule is O=C=NC(=O)NC(=O)O. The fraction of sp³-hybridized carbons (Fsp3) is 0. The zero-order chi connectivity index (χ0) is 7.28. The number of urea groups is 1. The largest absolute Gasteiger partial charge is 0.465 e. The Balaban J connectivity index is 3.78. The highest BCUT2D eigenvalue weighted by molar-refractivity contribution is 5.92. The average Bonchev–Trinajstić information content (AvgIpc) is 1.63. The second-order valence-electron chi connectivity index (χ2n) is 0.938. The first-order valence-corrected chi connectivity index (χ1v) is 1.78. The van der Waals surface area contributed by atoms with Gasteiger partial charge in [0.2, 0.25) is 6.08 Å². The Morgan fingerprint density at radius 2 is 2.11 bits per heavy atom. The van der Waals surface area contributed by atoms with Crippen LogP contribution in [0.3, 0.4) is 0 Å². The molecule has 0 rings (SSSR count). The molecule has 0 aromatic rings. The van der Waals surface area contributed by atoms with Crippen molar-refractivity contribution in [3.8, 4) is 0 Å². The molecule has 0 aliphatic rings. The summed E-state index contributed by atoms with van der Waals surface area (Å²) in [6.45, 7) is 0. The van der Waals surface area contributed by atoms with Crippen molar-refractivity contribution in [1.82, 2.24) is 5.32 Å². The van der Waals surface area contributed by atoms with E-state index < -0.39 is 12.1 Å². The number of carboxylic acid groups (broad SMARTS) is 1. The Kier molecular flexibility index (Phi) is 2.72. The van der Waals surface area contributed by atoms with E-state index in [1.54, 1.807) is 0 Å². The molecule has 0 aliphatic heterocycles. The number of nitrogens with zero attached hydrogens (tertiary/aromatic N) is 1. The van der Waals surface area contributed by atoms with E-state index in [1.165, 1.54) is 5.32 Å². The standard InChI is InChI=1S/C3H2N2O4/c6-1-4-2(7)5-3(8)9/h(H,5,7)(H,8,9). The number of carbonyl (C=O) groups excluding carboxylic acids is 2.